The van der Waals surface area contributed by atoms with E-state index >= 15 is 0 Å². The number of carbonyl (C=O) groups is 1. The standard InChI is InChI=1S/C22H28N8O/c23-11-16-5-1-2-7-18(16)30-19-8-9-24-22(31)20(19)21(28-30)27-17-6-3-4-15(10-17)12-29-13-25-26-14-29/h3-4,6,10,13-14,16,18-21,27-28H,1-2,5,7-9,12H2,(H,24,31)/t16-,18+,19?,20?,21?/m1/s1. The fraction of sp³-hybridized carbons (Fsp3) is 0.545. The number of benzene rings is 1. The number of hydrazine groups is 1. The van der Waals surface area contributed by atoms with E-state index in [0.717, 1.165) is 43.4 Å². The summed E-state index contributed by atoms with van der Waals surface area (Å²) in [4.78, 5) is 12.8. The maximum Gasteiger partial charge on any atom is 0.228 e. The number of anilines is 1. The Bertz CT molecular complexity index is 955. The van der Waals surface area contributed by atoms with Crippen molar-refractivity contribution in [1.82, 2.24) is 30.5 Å². The van der Waals surface area contributed by atoms with E-state index in [9.17, 15) is 10.1 Å². The predicted octanol–water partition coefficient (Wildman–Crippen LogP) is 1.47. The number of amides is 1. The summed E-state index contributed by atoms with van der Waals surface area (Å²) in [5.41, 5.74) is 5.68. The summed E-state index contributed by atoms with van der Waals surface area (Å²) < 4.78 is 1.92. The van der Waals surface area contributed by atoms with E-state index in [2.05, 4.69) is 49.5 Å². The molecule has 9 nitrogen and oxygen atoms in total. The minimum atomic E-state index is -0.211. The van der Waals surface area contributed by atoms with Crippen molar-refractivity contribution in [3.8, 4) is 6.07 Å². The van der Waals surface area contributed by atoms with Crippen LogP contribution in [0, 0.1) is 23.2 Å². The van der Waals surface area contributed by atoms with Gasteiger partial charge in [0.05, 0.1) is 24.4 Å². The van der Waals surface area contributed by atoms with Crippen LogP contribution in [0.4, 0.5) is 5.69 Å². The first-order valence-corrected chi connectivity index (χ1v) is 11.1. The van der Waals surface area contributed by atoms with Crippen LogP contribution < -0.4 is 16.1 Å². The van der Waals surface area contributed by atoms with Gasteiger partial charge in [0.15, 0.2) is 0 Å². The number of hydrogen-bond acceptors (Lipinski definition) is 7. The normalized spacial score (nSPS) is 30.9. The third-order valence-electron chi connectivity index (χ3n) is 6.79. The van der Waals surface area contributed by atoms with Gasteiger partial charge in [-0.05, 0) is 37.0 Å². The number of piperidine rings is 1. The summed E-state index contributed by atoms with van der Waals surface area (Å²) in [6.07, 6.45) is 8.25. The Labute approximate surface area is 181 Å². The average Bonchev–Trinajstić information content (AvgIpc) is 3.43. The van der Waals surface area contributed by atoms with Gasteiger partial charge in [-0.2, -0.15) is 5.26 Å². The Kier molecular flexibility index (Phi) is 5.57. The van der Waals surface area contributed by atoms with Crippen molar-refractivity contribution >= 4 is 11.6 Å². The highest BCUT2D eigenvalue weighted by Gasteiger charge is 2.51. The van der Waals surface area contributed by atoms with Crippen LogP contribution in [0.5, 0.6) is 0 Å². The molecule has 9 heteroatoms. The lowest BCUT2D eigenvalue weighted by atomic mass is 9.83. The second-order valence-corrected chi connectivity index (χ2v) is 8.75. The van der Waals surface area contributed by atoms with Gasteiger partial charge in [0.25, 0.3) is 0 Å². The van der Waals surface area contributed by atoms with Crippen molar-refractivity contribution in [1.29, 1.82) is 5.26 Å². The summed E-state index contributed by atoms with van der Waals surface area (Å²) >= 11 is 0. The van der Waals surface area contributed by atoms with Crippen molar-refractivity contribution in [3.63, 3.8) is 0 Å². The van der Waals surface area contributed by atoms with Crippen molar-refractivity contribution in [2.75, 3.05) is 11.9 Å². The summed E-state index contributed by atoms with van der Waals surface area (Å²) in [7, 11) is 0. The second kappa shape index (κ2) is 8.65. The first kappa shape index (κ1) is 20.0. The highest BCUT2D eigenvalue weighted by molar-refractivity contribution is 5.82. The average molecular weight is 421 g/mol. The Hall–Kier alpha value is -2.96. The van der Waals surface area contributed by atoms with Crippen LogP contribution in [-0.2, 0) is 11.3 Å². The molecule has 0 radical (unpaired) electrons. The fourth-order valence-corrected chi connectivity index (χ4v) is 5.35. The number of hydrogen-bond donors (Lipinski definition) is 3. The molecule has 162 valence electrons. The van der Waals surface area contributed by atoms with Gasteiger partial charge >= 0.3 is 0 Å². The molecule has 3 aliphatic rings. The number of fused-ring (bicyclic) bond motifs is 1. The molecular weight excluding hydrogens is 392 g/mol. The molecular formula is C22H28N8O. The minimum absolute atomic E-state index is 0.0118. The van der Waals surface area contributed by atoms with E-state index in [0.29, 0.717) is 13.1 Å². The maximum absolute atomic E-state index is 12.8. The molecule has 1 saturated carbocycles. The molecule has 1 aliphatic carbocycles. The Morgan fingerprint density at radius 2 is 2.00 bits per heavy atom. The summed E-state index contributed by atoms with van der Waals surface area (Å²) in [5.74, 6) is -0.108. The molecule has 3 fully saturated rings. The van der Waals surface area contributed by atoms with E-state index in [1.807, 2.05) is 16.7 Å². The topological polar surface area (TPSA) is 111 Å². The summed E-state index contributed by atoms with van der Waals surface area (Å²) in [5, 5.41) is 26.2. The Morgan fingerprint density at radius 3 is 2.84 bits per heavy atom. The van der Waals surface area contributed by atoms with Crippen LogP contribution in [0.15, 0.2) is 36.9 Å². The summed E-state index contributed by atoms with van der Waals surface area (Å²) in [6.45, 7) is 1.37. The number of nitrogens with one attached hydrogen (secondary N) is 3. The van der Waals surface area contributed by atoms with Crippen molar-refractivity contribution < 1.29 is 4.79 Å². The van der Waals surface area contributed by atoms with E-state index in [1.54, 1.807) is 12.7 Å². The molecule has 3 unspecified atom stereocenters. The lowest BCUT2D eigenvalue weighted by Crippen LogP contribution is -2.54. The van der Waals surface area contributed by atoms with Gasteiger partial charge in [-0.15, -0.1) is 10.2 Å². The van der Waals surface area contributed by atoms with Gasteiger partial charge < -0.3 is 15.2 Å². The van der Waals surface area contributed by atoms with Gasteiger partial charge in [-0.1, -0.05) is 25.0 Å². The lowest BCUT2D eigenvalue weighted by Gasteiger charge is -2.39. The fourth-order valence-electron chi connectivity index (χ4n) is 5.35. The van der Waals surface area contributed by atoms with Gasteiger partial charge in [0.1, 0.15) is 18.8 Å². The smallest absolute Gasteiger partial charge is 0.228 e. The van der Waals surface area contributed by atoms with E-state index in [1.165, 1.54) is 0 Å². The predicted molar refractivity (Wildman–Crippen MR) is 114 cm³/mol. The molecule has 0 bridgehead atoms. The molecule has 5 rings (SSSR count). The van der Waals surface area contributed by atoms with Crippen LogP contribution in [0.25, 0.3) is 0 Å². The molecule has 1 aromatic carbocycles. The zero-order valence-electron chi connectivity index (χ0n) is 17.4. The Morgan fingerprint density at radius 1 is 1.16 bits per heavy atom. The SMILES string of the molecule is N#C[C@H]1CCCC[C@@H]1N1NC(Nc2cccc(Cn3cnnc3)c2)C2C(=O)NCCC21. The second-order valence-electron chi connectivity index (χ2n) is 8.75. The number of rotatable bonds is 5. The van der Waals surface area contributed by atoms with E-state index in [4.69, 9.17) is 0 Å². The van der Waals surface area contributed by atoms with Crippen LogP contribution in [0.3, 0.4) is 0 Å². The molecule has 3 heterocycles. The first-order chi connectivity index (χ1) is 15.2. The number of aromatic nitrogens is 3. The molecule has 5 atom stereocenters. The summed E-state index contributed by atoms with van der Waals surface area (Å²) in [6, 6.07) is 11.0. The zero-order chi connectivity index (χ0) is 21.2. The Balaban J connectivity index is 1.36. The van der Waals surface area contributed by atoms with Crippen molar-refractivity contribution in [3.05, 3.63) is 42.5 Å². The first-order valence-electron chi connectivity index (χ1n) is 11.1. The molecule has 0 spiro atoms. The maximum atomic E-state index is 12.8. The highest BCUT2D eigenvalue weighted by atomic mass is 16.2. The molecule has 2 saturated heterocycles. The van der Waals surface area contributed by atoms with Crippen molar-refractivity contribution in [2.45, 2.75) is 56.9 Å². The van der Waals surface area contributed by atoms with Gasteiger partial charge in [-0.25, -0.2) is 10.4 Å². The van der Waals surface area contributed by atoms with Gasteiger partial charge in [0, 0.05) is 24.3 Å². The third-order valence-corrected chi connectivity index (χ3v) is 6.79. The minimum Gasteiger partial charge on any atom is -0.368 e. The van der Waals surface area contributed by atoms with E-state index < -0.39 is 0 Å². The molecule has 2 aromatic rings. The lowest BCUT2D eigenvalue weighted by molar-refractivity contribution is -0.128. The van der Waals surface area contributed by atoms with Crippen LogP contribution >= 0.6 is 0 Å². The third kappa shape index (κ3) is 4.01. The monoisotopic (exact) mass is 420 g/mol. The molecule has 1 amide bonds. The number of nitriles is 1. The zero-order valence-corrected chi connectivity index (χ0v) is 17.4. The molecule has 2 aliphatic heterocycles. The van der Waals surface area contributed by atoms with E-state index in [-0.39, 0.29) is 36.0 Å². The molecule has 31 heavy (non-hydrogen) atoms. The van der Waals surface area contributed by atoms with Crippen LogP contribution in [0.1, 0.15) is 37.7 Å². The number of nitrogens with zero attached hydrogens (tertiary/aromatic N) is 5. The molecule has 3 N–H and O–H groups in total. The van der Waals surface area contributed by atoms with Crippen LogP contribution in [0.2, 0.25) is 0 Å². The highest BCUT2D eigenvalue weighted by Crippen LogP contribution is 2.36. The van der Waals surface area contributed by atoms with Gasteiger partial charge in [-0.3, -0.25) is 4.79 Å². The van der Waals surface area contributed by atoms with Crippen LogP contribution in [-0.4, -0.2) is 50.5 Å². The van der Waals surface area contributed by atoms with Crippen molar-refractivity contribution in [2.24, 2.45) is 11.8 Å². The largest absolute Gasteiger partial charge is 0.368 e. The quantitative estimate of drug-likeness (QED) is 0.672. The van der Waals surface area contributed by atoms with Gasteiger partial charge in [0.2, 0.25) is 5.91 Å². The molecule has 1 aromatic heterocycles. The number of carbonyl (C=O) groups excluding carboxylic acids is 1.